The van der Waals surface area contributed by atoms with Crippen LogP contribution < -0.4 is 10.1 Å². The van der Waals surface area contributed by atoms with E-state index in [1.807, 2.05) is 38.1 Å². The van der Waals surface area contributed by atoms with E-state index in [0.29, 0.717) is 17.3 Å². The molecule has 0 atom stereocenters. The highest BCUT2D eigenvalue weighted by Crippen LogP contribution is 2.12. The van der Waals surface area contributed by atoms with Crippen LogP contribution in [0, 0.1) is 13.8 Å². The zero-order chi connectivity index (χ0) is 15.5. The van der Waals surface area contributed by atoms with Crippen LogP contribution in [-0.4, -0.2) is 27.1 Å². The van der Waals surface area contributed by atoms with Crippen molar-refractivity contribution in [3.05, 3.63) is 54.0 Å². The van der Waals surface area contributed by atoms with Crippen LogP contribution in [-0.2, 0) is 4.79 Å². The second-order valence-electron chi connectivity index (χ2n) is 5.03. The van der Waals surface area contributed by atoms with Gasteiger partial charge in [0.05, 0.1) is 11.9 Å². The first-order valence-corrected chi connectivity index (χ1v) is 6.92. The Kier molecular flexibility index (Phi) is 3.74. The number of rotatable bonds is 4. The van der Waals surface area contributed by atoms with Crippen molar-refractivity contribution in [2.24, 2.45) is 0 Å². The molecule has 2 aromatic heterocycles. The summed E-state index contributed by atoms with van der Waals surface area (Å²) in [5.74, 6) is 1.13. The van der Waals surface area contributed by atoms with Gasteiger partial charge in [0.15, 0.2) is 12.3 Å². The molecule has 112 valence electrons. The van der Waals surface area contributed by atoms with E-state index in [1.54, 1.807) is 22.8 Å². The predicted octanol–water partition coefficient (Wildman–Crippen LogP) is 2.36. The molecule has 0 saturated carbocycles. The smallest absolute Gasteiger partial charge is 0.262 e. The van der Waals surface area contributed by atoms with E-state index in [1.165, 1.54) is 0 Å². The first-order valence-electron chi connectivity index (χ1n) is 6.92. The molecule has 0 radical (unpaired) electrons. The van der Waals surface area contributed by atoms with Crippen LogP contribution in [0.15, 0.2) is 42.6 Å². The molecule has 0 aliphatic rings. The Morgan fingerprint density at radius 2 is 1.95 bits per heavy atom. The van der Waals surface area contributed by atoms with Crippen molar-refractivity contribution in [2.75, 3.05) is 11.9 Å². The average Bonchev–Trinajstić information content (AvgIpc) is 2.86. The number of anilines is 1. The summed E-state index contributed by atoms with van der Waals surface area (Å²) in [6.45, 7) is 3.77. The summed E-state index contributed by atoms with van der Waals surface area (Å²) < 4.78 is 7.07. The molecule has 0 spiro atoms. The van der Waals surface area contributed by atoms with Crippen molar-refractivity contribution in [3.63, 3.8) is 0 Å². The Morgan fingerprint density at radius 3 is 2.73 bits per heavy atom. The SMILES string of the molecule is Cc1ccc(OCC(=O)Nc2ccc3nc(C)nn3c2)cc1. The third-order valence-electron chi connectivity index (χ3n) is 3.11. The second kappa shape index (κ2) is 5.85. The standard InChI is InChI=1S/C16H16N4O2/c1-11-3-6-14(7-4-11)22-10-16(21)18-13-5-8-15-17-12(2)19-20(15)9-13/h3-9H,10H2,1-2H3,(H,18,21). The number of ether oxygens (including phenoxy) is 1. The lowest BCUT2D eigenvalue weighted by molar-refractivity contribution is -0.118. The topological polar surface area (TPSA) is 68.5 Å². The maximum Gasteiger partial charge on any atom is 0.262 e. The number of carbonyl (C=O) groups excluding carboxylic acids is 1. The molecule has 0 aliphatic carbocycles. The number of fused-ring (bicyclic) bond motifs is 1. The highest BCUT2D eigenvalue weighted by atomic mass is 16.5. The van der Waals surface area contributed by atoms with Crippen LogP contribution in [0.1, 0.15) is 11.4 Å². The number of aryl methyl sites for hydroxylation is 2. The Balaban J connectivity index is 1.61. The number of pyridine rings is 1. The van der Waals surface area contributed by atoms with Crippen molar-refractivity contribution < 1.29 is 9.53 Å². The van der Waals surface area contributed by atoms with Crippen LogP contribution in [0.4, 0.5) is 5.69 Å². The number of hydrogen-bond donors (Lipinski definition) is 1. The molecule has 6 nitrogen and oxygen atoms in total. The van der Waals surface area contributed by atoms with Crippen LogP contribution >= 0.6 is 0 Å². The van der Waals surface area contributed by atoms with E-state index in [-0.39, 0.29) is 12.5 Å². The molecule has 0 saturated heterocycles. The van der Waals surface area contributed by atoms with Crippen molar-refractivity contribution in [1.82, 2.24) is 14.6 Å². The van der Waals surface area contributed by atoms with Crippen molar-refractivity contribution >= 4 is 17.2 Å². The van der Waals surface area contributed by atoms with Crippen LogP contribution in [0.25, 0.3) is 5.65 Å². The molecule has 0 bridgehead atoms. The molecule has 22 heavy (non-hydrogen) atoms. The summed E-state index contributed by atoms with van der Waals surface area (Å²) in [4.78, 5) is 16.1. The lowest BCUT2D eigenvalue weighted by Crippen LogP contribution is -2.20. The number of benzene rings is 1. The zero-order valence-electron chi connectivity index (χ0n) is 12.4. The minimum absolute atomic E-state index is 0.0442. The third-order valence-corrected chi connectivity index (χ3v) is 3.11. The van der Waals surface area contributed by atoms with E-state index in [4.69, 9.17) is 4.74 Å². The lowest BCUT2D eigenvalue weighted by Gasteiger charge is -2.07. The van der Waals surface area contributed by atoms with Gasteiger partial charge in [-0.2, -0.15) is 5.10 Å². The quantitative estimate of drug-likeness (QED) is 0.802. The van der Waals surface area contributed by atoms with Gasteiger partial charge in [0.2, 0.25) is 0 Å². The fraction of sp³-hybridized carbons (Fsp3) is 0.188. The van der Waals surface area contributed by atoms with Gasteiger partial charge in [-0.05, 0) is 38.1 Å². The van der Waals surface area contributed by atoms with Gasteiger partial charge >= 0.3 is 0 Å². The third kappa shape index (κ3) is 3.22. The van der Waals surface area contributed by atoms with E-state index < -0.39 is 0 Å². The van der Waals surface area contributed by atoms with E-state index in [9.17, 15) is 4.79 Å². The van der Waals surface area contributed by atoms with Crippen LogP contribution in [0.3, 0.4) is 0 Å². The van der Waals surface area contributed by atoms with Gasteiger partial charge < -0.3 is 10.1 Å². The fourth-order valence-corrected chi connectivity index (χ4v) is 2.05. The van der Waals surface area contributed by atoms with Gasteiger partial charge in [0, 0.05) is 0 Å². The molecule has 0 unspecified atom stereocenters. The average molecular weight is 296 g/mol. The summed E-state index contributed by atoms with van der Waals surface area (Å²) in [6.07, 6.45) is 1.72. The maximum atomic E-state index is 11.9. The number of aromatic nitrogens is 3. The van der Waals surface area contributed by atoms with Crippen molar-refractivity contribution in [3.8, 4) is 5.75 Å². The van der Waals surface area contributed by atoms with Gasteiger partial charge in [-0.1, -0.05) is 17.7 Å². The molecular weight excluding hydrogens is 280 g/mol. The van der Waals surface area contributed by atoms with E-state index >= 15 is 0 Å². The molecule has 0 fully saturated rings. The van der Waals surface area contributed by atoms with Gasteiger partial charge in [-0.3, -0.25) is 4.79 Å². The van der Waals surface area contributed by atoms with E-state index in [2.05, 4.69) is 15.4 Å². The predicted molar refractivity (Wildman–Crippen MR) is 83.0 cm³/mol. The molecule has 1 aromatic carbocycles. The van der Waals surface area contributed by atoms with Gasteiger partial charge in [-0.25, -0.2) is 9.50 Å². The number of amides is 1. The highest BCUT2D eigenvalue weighted by molar-refractivity contribution is 5.91. The first-order chi connectivity index (χ1) is 10.6. The molecule has 6 heteroatoms. The number of hydrogen-bond acceptors (Lipinski definition) is 4. The lowest BCUT2D eigenvalue weighted by atomic mass is 10.2. The molecule has 2 heterocycles. The summed E-state index contributed by atoms with van der Waals surface area (Å²) in [7, 11) is 0. The molecule has 1 amide bonds. The summed E-state index contributed by atoms with van der Waals surface area (Å²) in [5.41, 5.74) is 2.54. The number of carbonyl (C=O) groups is 1. The molecule has 1 N–H and O–H groups in total. The largest absolute Gasteiger partial charge is 0.484 e. The maximum absolute atomic E-state index is 11.9. The molecule has 3 rings (SSSR count). The van der Waals surface area contributed by atoms with Crippen molar-refractivity contribution in [1.29, 1.82) is 0 Å². The Morgan fingerprint density at radius 1 is 1.18 bits per heavy atom. The second-order valence-corrected chi connectivity index (χ2v) is 5.03. The van der Waals surface area contributed by atoms with E-state index in [0.717, 1.165) is 11.2 Å². The molecule has 3 aromatic rings. The van der Waals surface area contributed by atoms with Gasteiger partial charge in [-0.15, -0.1) is 0 Å². The Hall–Kier alpha value is -2.89. The summed E-state index contributed by atoms with van der Waals surface area (Å²) in [5, 5.41) is 6.98. The Labute approximate surface area is 127 Å². The fourth-order valence-electron chi connectivity index (χ4n) is 2.05. The molecular formula is C16H16N4O2. The van der Waals surface area contributed by atoms with Gasteiger partial charge in [0.25, 0.3) is 5.91 Å². The minimum Gasteiger partial charge on any atom is -0.484 e. The first kappa shape index (κ1) is 14.1. The minimum atomic E-state index is -0.225. The Bertz CT molecular complexity index is 809. The normalized spacial score (nSPS) is 10.6. The van der Waals surface area contributed by atoms with Crippen molar-refractivity contribution in [2.45, 2.75) is 13.8 Å². The summed E-state index contributed by atoms with van der Waals surface area (Å²) in [6, 6.07) is 11.1. The number of nitrogens with one attached hydrogen (secondary N) is 1. The highest BCUT2D eigenvalue weighted by Gasteiger charge is 2.06. The van der Waals surface area contributed by atoms with Crippen LogP contribution in [0.2, 0.25) is 0 Å². The van der Waals surface area contributed by atoms with Gasteiger partial charge in [0.1, 0.15) is 11.6 Å². The monoisotopic (exact) mass is 296 g/mol. The zero-order valence-corrected chi connectivity index (χ0v) is 12.4. The van der Waals surface area contributed by atoms with Crippen LogP contribution in [0.5, 0.6) is 5.75 Å². The molecule has 0 aliphatic heterocycles. The number of nitrogens with zero attached hydrogens (tertiary/aromatic N) is 3. The summed E-state index contributed by atoms with van der Waals surface area (Å²) >= 11 is 0.